The van der Waals surface area contributed by atoms with E-state index in [1.807, 2.05) is 6.07 Å². The molecule has 0 amide bonds. The van der Waals surface area contributed by atoms with Crippen molar-refractivity contribution in [2.75, 3.05) is 0 Å². The van der Waals surface area contributed by atoms with Gasteiger partial charge in [0.15, 0.2) is 0 Å². The summed E-state index contributed by atoms with van der Waals surface area (Å²) >= 11 is 0. The Hall–Kier alpha value is -1.18. The van der Waals surface area contributed by atoms with Gasteiger partial charge in [-0.2, -0.15) is 47.0 Å². The van der Waals surface area contributed by atoms with Gasteiger partial charge in [-0.15, -0.1) is 18.7 Å². The van der Waals surface area contributed by atoms with Gasteiger partial charge in [0, 0.05) is 0 Å². The Balaban J connectivity index is 0. The Bertz CT molecular complexity index is 687. The van der Waals surface area contributed by atoms with E-state index in [0.717, 1.165) is 6.42 Å². The van der Waals surface area contributed by atoms with Gasteiger partial charge in [0.1, 0.15) is 0 Å². The fourth-order valence-electron chi connectivity index (χ4n) is 2.72. The smallest absolute Gasteiger partial charge is 1.00 e. The third kappa shape index (κ3) is 6.92. The molecule has 3 aromatic rings. The molecule has 3 heteroatoms. The van der Waals surface area contributed by atoms with Crippen molar-refractivity contribution in [1.29, 1.82) is 0 Å². The first-order valence-electron chi connectivity index (χ1n) is 7.52. The Morgan fingerprint density at radius 1 is 0.840 bits per heavy atom. The number of hydrogen-bond donors (Lipinski definition) is 0. The van der Waals surface area contributed by atoms with Crippen LogP contribution in [0.4, 0.5) is 0 Å². The largest absolute Gasteiger partial charge is 4.00 e. The second-order valence-electron chi connectivity index (χ2n) is 5.36. The van der Waals surface area contributed by atoms with Gasteiger partial charge in [0.05, 0.1) is 0 Å². The second kappa shape index (κ2) is 13.1. The van der Waals surface area contributed by atoms with Crippen molar-refractivity contribution >= 4 is 0 Å². The maximum Gasteiger partial charge on any atom is 4.00 e. The molecule has 0 N–H and O–H groups in total. The Morgan fingerprint density at radius 3 is 1.96 bits per heavy atom. The van der Waals surface area contributed by atoms with E-state index in [4.69, 9.17) is 0 Å². The van der Waals surface area contributed by atoms with E-state index in [9.17, 15) is 0 Å². The molecule has 0 bridgehead atoms. The normalized spacial score (nSPS) is 9.20. The predicted octanol–water partition coefficient (Wildman–Crippen LogP) is -0.112. The minimum absolute atomic E-state index is 0. The van der Waals surface area contributed by atoms with Gasteiger partial charge in [0.25, 0.3) is 0 Å². The van der Waals surface area contributed by atoms with Gasteiger partial charge in [-0.25, -0.2) is 12.1 Å². The van der Waals surface area contributed by atoms with Crippen molar-refractivity contribution < 1.29 is 46.5 Å². The van der Waals surface area contributed by atoms with Crippen LogP contribution < -0.4 is 24.8 Å². The Kier molecular flexibility index (Phi) is 13.6. The summed E-state index contributed by atoms with van der Waals surface area (Å²) in [5.74, 6) is 0. The molecule has 0 radical (unpaired) electrons. The van der Waals surface area contributed by atoms with Crippen LogP contribution in [-0.4, -0.2) is 0 Å². The zero-order chi connectivity index (χ0) is 15.9. The number of aryl methyl sites for hydroxylation is 2. The minimum atomic E-state index is 0. The molecule has 25 heavy (non-hydrogen) atoms. The van der Waals surface area contributed by atoms with Crippen LogP contribution >= 0.6 is 0 Å². The minimum Gasteiger partial charge on any atom is -1.00 e. The average molecular weight is 405 g/mol. The van der Waals surface area contributed by atoms with E-state index in [1.165, 1.54) is 33.4 Å². The van der Waals surface area contributed by atoms with E-state index in [0.29, 0.717) is 0 Å². The van der Waals surface area contributed by atoms with E-state index in [2.05, 4.69) is 87.7 Å². The number of fused-ring (bicyclic) bond motifs is 3. The van der Waals surface area contributed by atoms with Crippen LogP contribution in [0.15, 0.2) is 73.8 Å². The molecule has 4 rings (SSSR count). The third-order valence-corrected chi connectivity index (χ3v) is 3.68. The molecule has 0 saturated carbocycles. The summed E-state index contributed by atoms with van der Waals surface area (Å²) in [6, 6.07) is 24.5. The molecule has 0 heterocycles. The SMILES string of the molecule is C=C.Cc1ccc(C)[cH-]1.[Cl-].[Cl-].[Ti+4].[c-]1cccc2c1Cc1ccccc1-2. The maximum atomic E-state index is 3.30. The summed E-state index contributed by atoms with van der Waals surface area (Å²) in [5.41, 5.74) is 8.23. The third-order valence-electron chi connectivity index (χ3n) is 3.68. The molecule has 0 atom stereocenters. The molecule has 0 nitrogen and oxygen atoms in total. The molecular formula is C22H22Cl2Ti. The number of benzene rings is 2. The van der Waals surface area contributed by atoms with Crippen LogP contribution in [0.5, 0.6) is 0 Å². The summed E-state index contributed by atoms with van der Waals surface area (Å²) in [5, 5.41) is 0. The molecule has 0 aliphatic heterocycles. The molecular weight excluding hydrogens is 383 g/mol. The van der Waals surface area contributed by atoms with Gasteiger partial charge in [-0.3, -0.25) is 0 Å². The number of rotatable bonds is 0. The maximum absolute atomic E-state index is 3.30. The van der Waals surface area contributed by atoms with Crippen molar-refractivity contribution in [2.24, 2.45) is 0 Å². The summed E-state index contributed by atoms with van der Waals surface area (Å²) in [6.07, 6.45) is 1.05. The topological polar surface area (TPSA) is 0 Å². The molecule has 0 saturated heterocycles. The van der Waals surface area contributed by atoms with Gasteiger partial charge in [-0.1, -0.05) is 49.2 Å². The monoisotopic (exact) mass is 404 g/mol. The molecule has 1 aliphatic carbocycles. The average Bonchev–Trinajstić information content (AvgIpc) is 3.12. The van der Waals surface area contributed by atoms with Gasteiger partial charge in [-0.05, 0) is 6.42 Å². The summed E-state index contributed by atoms with van der Waals surface area (Å²) in [6.45, 7) is 10.2. The molecule has 128 valence electrons. The first-order chi connectivity index (χ1) is 10.7. The zero-order valence-corrected chi connectivity index (χ0v) is 17.7. The fourth-order valence-corrected chi connectivity index (χ4v) is 2.72. The molecule has 0 spiro atoms. The van der Waals surface area contributed by atoms with Crippen LogP contribution in [0, 0.1) is 19.9 Å². The van der Waals surface area contributed by atoms with Gasteiger partial charge < -0.3 is 24.8 Å². The van der Waals surface area contributed by atoms with Gasteiger partial charge >= 0.3 is 21.7 Å². The molecule has 3 aromatic carbocycles. The molecule has 0 fully saturated rings. The standard InChI is InChI=1S/C13H9.C7H9.C2H4.2ClH.Ti/c1-3-7-12-10(5-1)9-11-6-2-4-8-13(11)12;1-6-3-4-7(2)5-6;1-2;;;/h1-5,7-8H,9H2;3-5H,1-2H3;1-2H2;2*1H;/q2*-1;;;;+4/p-2. The van der Waals surface area contributed by atoms with Crippen molar-refractivity contribution in [3.05, 3.63) is 102 Å². The van der Waals surface area contributed by atoms with E-state index < -0.39 is 0 Å². The fraction of sp³-hybridized carbons (Fsp3) is 0.136. The Morgan fingerprint density at radius 2 is 1.40 bits per heavy atom. The first-order valence-corrected chi connectivity index (χ1v) is 7.52. The second-order valence-corrected chi connectivity index (χ2v) is 5.36. The van der Waals surface area contributed by atoms with Crippen LogP contribution in [0.3, 0.4) is 0 Å². The predicted molar refractivity (Wildman–Crippen MR) is 96.3 cm³/mol. The van der Waals surface area contributed by atoms with Crippen LogP contribution in [0.25, 0.3) is 11.1 Å². The quantitative estimate of drug-likeness (QED) is 0.218. The van der Waals surface area contributed by atoms with Crippen molar-refractivity contribution in [2.45, 2.75) is 20.3 Å². The summed E-state index contributed by atoms with van der Waals surface area (Å²) < 4.78 is 0. The van der Waals surface area contributed by atoms with Crippen molar-refractivity contribution in [3.8, 4) is 11.1 Å². The summed E-state index contributed by atoms with van der Waals surface area (Å²) in [7, 11) is 0. The first kappa shape index (κ1) is 26.1. The molecule has 0 unspecified atom stereocenters. The summed E-state index contributed by atoms with van der Waals surface area (Å²) in [4.78, 5) is 0. The van der Waals surface area contributed by atoms with E-state index >= 15 is 0 Å². The van der Waals surface area contributed by atoms with Crippen molar-refractivity contribution in [1.82, 2.24) is 0 Å². The zero-order valence-electron chi connectivity index (χ0n) is 14.7. The van der Waals surface area contributed by atoms with Crippen LogP contribution in [-0.2, 0) is 28.1 Å². The van der Waals surface area contributed by atoms with E-state index in [1.54, 1.807) is 0 Å². The molecule has 1 aliphatic rings. The van der Waals surface area contributed by atoms with Crippen LogP contribution in [0.1, 0.15) is 22.3 Å². The van der Waals surface area contributed by atoms with Crippen LogP contribution in [0.2, 0.25) is 0 Å². The number of hydrogen-bond acceptors (Lipinski definition) is 0. The van der Waals surface area contributed by atoms with Gasteiger partial charge in [0.2, 0.25) is 0 Å². The molecule has 0 aromatic heterocycles. The Labute approximate surface area is 179 Å². The van der Waals surface area contributed by atoms with E-state index in [-0.39, 0.29) is 46.5 Å². The van der Waals surface area contributed by atoms with Crippen molar-refractivity contribution in [3.63, 3.8) is 0 Å². The number of halogens is 2.